The Kier molecular flexibility index (Phi) is 8.26. The van der Waals surface area contributed by atoms with Gasteiger partial charge in [0.05, 0.1) is 18.0 Å². The van der Waals surface area contributed by atoms with Gasteiger partial charge in [0, 0.05) is 24.3 Å². The van der Waals surface area contributed by atoms with Gasteiger partial charge in [0.15, 0.2) is 5.69 Å². The summed E-state index contributed by atoms with van der Waals surface area (Å²) in [4.78, 5) is 21.0. The topological polar surface area (TPSA) is 145 Å². The van der Waals surface area contributed by atoms with Crippen LogP contribution < -0.4 is 16.0 Å². The fourth-order valence-electron chi connectivity index (χ4n) is 3.69. The third-order valence-electron chi connectivity index (χ3n) is 5.34. The number of carbonyl (C=O) groups is 1. The number of hydrogen-bond donors (Lipinski definition) is 5. The Balaban J connectivity index is 1.57. The fraction of sp³-hybridized carbons (Fsp3) is 0.240. The van der Waals surface area contributed by atoms with Gasteiger partial charge in [0.1, 0.15) is 5.00 Å². The van der Waals surface area contributed by atoms with Crippen LogP contribution in [0.1, 0.15) is 28.8 Å². The Morgan fingerprint density at radius 2 is 1.85 bits per heavy atom. The highest BCUT2D eigenvalue weighted by Crippen LogP contribution is 2.37. The second kappa shape index (κ2) is 11.6. The molecule has 3 aromatic rings. The molecule has 0 aliphatic carbocycles. The van der Waals surface area contributed by atoms with E-state index >= 15 is 0 Å². The third-order valence-corrected chi connectivity index (χ3v) is 6.38. The standard InChI is InChI=1S/C25H24F3N7O3S/c1-13(12-37-2)31-22-18(34-23(39-22)25(26,27)28)19(29)38-24(30)35-20-21(36)32-16-11-7-6-10-15(16)17(33-20)14-8-4-3-5-9-14/h3-11,13,20,29,31H,12H2,1-2H3,(H2,30,35)(H,32,36)/t13-,20?/m1/s1. The Morgan fingerprint density at radius 1 is 1.15 bits per heavy atom. The minimum Gasteiger partial charge on any atom is -0.405 e. The maximum Gasteiger partial charge on any atom is 0.443 e. The van der Waals surface area contributed by atoms with Crippen molar-refractivity contribution in [2.75, 3.05) is 24.4 Å². The molecule has 0 bridgehead atoms. The SMILES string of the molecule is COC[C@@H](C)Nc1sc(C(F)(F)F)nc1C(=N)OC(=N)NC1N=C(c2ccccc2)c2ccccc2NC1=O. The maximum atomic E-state index is 13.3. The molecule has 0 spiro atoms. The van der Waals surface area contributed by atoms with E-state index in [0.717, 1.165) is 5.56 Å². The van der Waals surface area contributed by atoms with E-state index in [4.69, 9.17) is 20.3 Å². The van der Waals surface area contributed by atoms with Crippen LogP contribution in [-0.4, -0.2) is 54.4 Å². The zero-order valence-electron chi connectivity index (χ0n) is 20.7. The lowest BCUT2D eigenvalue weighted by atomic mass is 10.0. The number of aromatic nitrogens is 1. The van der Waals surface area contributed by atoms with Gasteiger partial charge in [0.25, 0.3) is 11.9 Å². The van der Waals surface area contributed by atoms with Crippen molar-refractivity contribution in [2.45, 2.75) is 25.3 Å². The van der Waals surface area contributed by atoms with E-state index in [1.54, 1.807) is 31.2 Å². The molecule has 10 nitrogen and oxygen atoms in total. The molecule has 2 aromatic carbocycles. The van der Waals surface area contributed by atoms with Crippen LogP contribution >= 0.6 is 11.3 Å². The number of alkyl halides is 3. The summed E-state index contributed by atoms with van der Waals surface area (Å²) < 4.78 is 50.2. The quantitative estimate of drug-likeness (QED) is 0.216. The van der Waals surface area contributed by atoms with Crippen LogP contribution in [0.5, 0.6) is 0 Å². The molecule has 0 saturated carbocycles. The highest BCUT2D eigenvalue weighted by Gasteiger charge is 2.37. The number of nitrogens with one attached hydrogen (secondary N) is 5. The van der Waals surface area contributed by atoms with Crippen LogP contribution in [-0.2, 0) is 20.4 Å². The van der Waals surface area contributed by atoms with Gasteiger partial charge in [0.2, 0.25) is 17.1 Å². The lowest BCUT2D eigenvalue weighted by Crippen LogP contribution is -2.43. The summed E-state index contributed by atoms with van der Waals surface area (Å²) in [7, 11) is 1.44. The number of ether oxygens (including phenoxy) is 2. The summed E-state index contributed by atoms with van der Waals surface area (Å²) in [6, 6.07) is 15.0. The second-order valence-corrected chi connectivity index (χ2v) is 9.38. The summed E-state index contributed by atoms with van der Waals surface area (Å²) in [5.74, 6) is -1.42. The van der Waals surface area contributed by atoms with Crippen LogP contribution in [0.2, 0.25) is 0 Å². The average molecular weight is 560 g/mol. The van der Waals surface area contributed by atoms with Crippen molar-refractivity contribution >= 4 is 45.6 Å². The molecule has 5 N–H and O–H groups in total. The average Bonchev–Trinajstić information content (AvgIpc) is 3.26. The van der Waals surface area contributed by atoms with Gasteiger partial charge in [-0.05, 0) is 13.0 Å². The van der Waals surface area contributed by atoms with E-state index in [9.17, 15) is 18.0 Å². The minimum atomic E-state index is -4.74. The first-order valence-corrected chi connectivity index (χ1v) is 12.4. The van der Waals surface area contributed by atoms with Gasteiger partial charge < -0.3 is 25.4 Å². The zero-order valence-corrected chi connectivity index (χ0v) is 21.5. The van der Waals surface area contributed by atoms with Crippen molar-refractivity contribution in [2.24, 2.45) is 4.99 Å². The van der Waals surface area contributed by atoms with Crippen LogP contribution in [0, 0.1) is 10.8 Å². The molecule has 1 amide bonds. The number of fused-ring (bicyclic) bond motifs is 1. The second-order valence-electron chi connectivity index (χ2n) is 8.38. The molecule has 39 heavy (non-hydrogen) atoms. The number of anilines is 2. The van der Waals surface area contributed by atoms with Crippen LogP contribution in [0.25, 0.3) is 0 Å². The molecule has 4 rings (SSSR count). The highest BCUT2D eigenvalue weighted by molar-refractivity contribution is 7.16. The largest absolute Gasteiger partial charge is 0.443 e. The van der Waals surface area contributed by atoms with Gasteiger partial charge in [-0.25, -0.2) is 9.98 Å². The number of methoxy groups -OCH3 is 1. The van der Waals surface area contributed by atoms with Crippen molar-refractivity contribution in [3.8, 4) is 0 Å². The first-order valence-electron chi connectivity index (χ1n) is 11.6. The minimum absolute atomic E-state index is 0.0725. The van der Waals surface area contributed by atoms with Gasteiger partial charge in [-0.2, -0.15) is 13.2 Å². The summed E-state index contributed by atoms with van der Waals surface area (Å²) >= 11 is 0.305. The van der Waals surface area contributed by atoms with Crippen molar-refractivity contribution < 1.29 is 27.4 Å². The van der Waals surface area contributed by atoms with Crippen LogP contribution in [0.3, 0.4) is 0 Å². The number of rotatable bonds is 7. The number of amides is 1. The van der Waals surface area contributed by atoms with E-state index < -0.39 is 46.9 Å². The number of aliphatic imine (C=N–C) groups is 1. The molecule has 204 valence electrons. The Bertz CT molecular complexity index is 1410. The number of benzodiazepines with no additional fused rings is 1. The Labute approximate surface area is 225 Å². The predicted molar refractivity (Wildman–Crippen MR) is 142 cm³/mol. The normalized spacial score (nSPS) is 15.8. The number of halogens is 3. The fourth-order valence-corrected chi connectivity index (χ4v) is 4.63. The Morgan fingerprint density at radius 3 is 2.54 bits per heavy atom. The summed E-state index contributed by atoms with van der Waals surface area (Å²) in [6.45, 7) is 1.87. The molecule has 0 radical (unpaired) electrons. The lowest BCUT2D eigenvalue weighted by molar-refractivity contribution is -0.137. The molecule has 1 aliphatic heterocycles. The lowest BCUT2D eigenvalue weighted by Gasteiger charge is -2.16. The van der Waals surface area contributed by atoms with Crippen molar-refractivity contribution in [1.82, 2.24) is 10.3 Å². The number of thiazole rings is 1. The highest BCUT2D eigenvalue weighted by atomic mass is 32.1. The summed E-state index contributed by atoms with van der Waals surface area (Å²) in [5.41, 5.74) is 1.92. The van der Waals surface area contributed by atoms with Crippen molar-refractivity contribution in [3.05, 3.63) is 76.4 Å². The number of para-hydroxylation sites is 1. The predicted octanol–water partition coefficient (Wildman–Crippen LogP) is 4.29. The van der Waals surface area contributed by atoms with Gasteiger partial charge in [-0.1, -0.05) is 59.9 Å². The number of carbonyl (C=O) groups excluding carboxylic acids is 1. The molecule has 1 aromatic heterocycles. The van der Waals surface area contributed by atoms with Crippen LogP contribution in [0.15, 0.2) is 59.6 Å². The molecular formula is C25H24F3N7O3S. The molecule has 2 heterocycles. The van der Waals surface area contributed by atoms with E-state index in [0.29, 0.717) is 28.3 Å². The van der Waals surface area contributed by atoms with E-state index in [2.05, 4.69) is 25.9 Å². The molecule has 2 atom stereocenters. The number of benzene rings is 2. The van der Waals surface area contributed by atoms with Crippen LogP contribution in [0.4, 0.5) is 23.9 Å². The Hall–Kier alpha value is -4.30. The van der Waals surface area contributed by atoms with E-state index in [1.165, 1.54) is 7.11 Å². The van der Waals surface area contributed by atoms with Crippen molar-refractivity contribution in [3.63, 3.8) is 0 Å². The molecule has 0 fully saturated rings. The molecule has 0 saturated heterocycles. The molecule has 1 aliphatic rings. The van der Waals surface area contributed by atoms with E-state index in [-0.39, 0.29) is 11.6 Å². The monoisotopic (exact) mass is 559 g/mol. The summed E-state index contributed by atoms with van der Waals surface area (Å²) in [5, 5.41) is 23.2. The maximum absolute atomic E-state index is 13.3. The van der Waals surface area contributed by atoms with Crippen molar-refractivity contribution in [1.29, 1.82) is 10.8 Å². The molecule has 1 unspecified atom stereocenters. The van der Waals surface area contributed by atoms with Gasteiger partial charge in [-0.15, -0.1) is 0 Å². The number of nitrogens with zero attached hydrogens (tertiary/aromatic N) is 2. The number of amidine groups is 1. The van der Waals surface area contributed by atoms with Gasteiger partial charge in [-0.3, -0.25) is 15.6 Å². The summed E-state index contributed by atoms with van der Waals surface area (Å²) in [6.07, 6.45) is -6.08. The molecule has 14 heteroatoms. The third kappa shape index (κ3) is 6.59. The molecular weight excluding hydrogens is 535 g/mol. The van der Waals surface area contributed by atoms with E-state index in [1.807, 2.05) is 30.3 Å². The first-order chi connectivity index (χ1) is 18.6. The first kappa shape index (κ1) is 27.7. The number of hydrogen-bond acceptors (Lipinski definition) is 9. The zero-order chi connectivity index (χ0) is 28.2. The van der Waals surface area contributed by atoms with Gasteiger partial charge >= 0.3 is 6.18 Å². The smallest absolute Gasteiger partial charge is 0.405 e.